The van der Waals surface area contributed by atoms with Crippen LogP contribution in [0.4, 0.5) is 0 Å². The van der Waals surface area contributed by atoms with Crippen LogP contribution in [-0.4, -0.2) is 75.6 Å². The highest BCUT2D eigenvalue weighted by molar-refractivity contribution is 7.90. The van der Waals surface area contributed by atoms with Gasteiger partial charge in [-0.1, -0.05) is 18.2 Å². The Labute approximate surface area is 196 Å². The summed E-state index contributed by atoms with van der Waals surface area (Å²) in [5, 5.41) is -0.533. The number of fused-ring (bicyclic) bond motifs is 5. The van der Waals surface area contributed by atoms with Crippen LogP contribution in [0.25, 0.3) is 0 Å². The molecule has 5 aliphatic rings. The van der Waals surface area contributed by atoms with Crippen molar-refractivity contribution in [3.8, 4) is 5.75 Å². The number of rotatable bonds is 3. The number of carbonyl (C=O) groups excluding carboxylic acids is 1. The zero-order valence-corrected chi connectivity index (χ0v) is 19.8. The van der Waals surface area contributed by atoms with E-state index in [1.807, 2.05) is 18.2 Å². The first-order valence-corrected chi connectivity index (χ1v) is 13.8. The van der Waals surface area contributed by atoms with Gasteiger partial charge in [0, 0.05) is 19.2 Å². The maximum atomic E-state index is 13.3. The molecule has 0 radical (unpaired) electrons. The number of amides is 1. The number of benzene rings is 1. The number of para-hydroxylation sites is 1. The molecule has 3 fully saturated rings. The van der Waals surface area contributed by atoms with Crippen LogP contribution in [0.5, 0.6) is 5.75 Å². The van der Waals surface area contributed by atoms with Crippen molar-refractivity contribution >= 4 is 15.9 Å². The van der Waals surface area contributed by atoms with Gasteiger partial charge in [-0.25, -0.2) is 13.1 Å². The highest BCUT2D eigenvalue weighted by Crippen LogP contribution is 2.39. The number of ether oxygens (including phenoxy) is 3. The standard InChI is InChI=1S/C24H34N2O6S/c27-24-16-32-23-6-2-1-4-20(23)17-7-9-18(10-8-17)31-15-22-21(5-3-12-26(22)24)25-33(28,29)19-11-13-30-14-19/h1-2,4,6,17-19,21-22,25H,3,5,7-16H2/t17?,18?,19?,21-,22-/m0/s1. The third-order valence-electron chi connectivity index (χ3n) is 7.63. The SMILES string of the molecule is O=C1COc2ccccc2C2CCC(CC2)OC[C@H]2[C@@H](NS(=O)(=O)C3CCOC3)CCCN12. The van der Waals surface area contributed by atoms with Crippen LogP contribution in [-0.2, 0) is 24.3 Å². The molecule has 2 bridgehead atoms. The fraction of sp³-hybridized carbons (Fsp3) is 0.708. The first kappa shape index (κ1) is 23.1. The molecule has 1 N–H and O–H groups in total. The van der Waals surface area contributed by atoms with E-state index in [0.717, 1.165) is 37.9 Å². The van der Waals surface area contributed by atoms with E-state index >= 15 is 0 Å². The minimum absolute atomic E-state index is 0.0560. The van der Waals surface area contributed by atoms with Crippen molar-refractivity contribution in [1.82, 2.24) is 9.62 Å². The maximum absolute atomic E-state index is 13.3. The number of hydrogen-bond donors (Lipinski definition) is 1. The van der Waals surface area contributed by atoms with Gasteiger partial charge in [0.1, 0.15) is 11.0 Å². The van der Waals surface area contributed by atoms with E-state index in [1.54, 1.807) is 4.90 Å². The number of piperidine rings is 1. The molecule has 1 aromatic carbocycles. The average molecular weight is 479 g/mol. The highest BCUT2D eigenvalue weighted by atomic mass is 32.2. The van der Waals surface area contributed by atoms with Gasteiger partial charge in [0.05, 0.1) is 25.4 Å². The van der Waals surface area contributed by atoms with E-state index in [2.05, 4.69) is 10.8 Å². The summed E-state index contributed by atoms with van der Waals surface area (Å²) >= 11 is 0. The van der Waals surface area contributed by atoms with Crippen LogP contribution in [0.1, 0.15) is 56.4 Å². The van der Waals surface area contributed by atoms with Gasteiger partial charge in [-0.05, 0) is 62.5 Å². The van der Waals surface area contributed by atoms with Gasteiger partial charge in [0.25, 0.3) is 5.91 Å². The molecule has 4 aliphatic heterocycles. The summed E-state index contributed by atoms with van der Waals surface area (Å²) in [5.74, 6) is 1.06. The number of sulfonamides is 1. The molecule has 6 rings (SSSR count). The van der Waals surface area contributed by atoms with Gasteiger partial charge in [-0.2, -0.15) is 0 Å². The molecule has 1 aromatic rings. The van der Waals surface area contributed by atoms with Crippen molar-refractivity contribution in [2.75, 3.05) is 33.0 Å². The fourth-order valence-corrected chi connectivity index (χ4v) is 7.29. The quantitative estimate of drug-likeness (QED) is 0.716. The van der Waals surface area contributed by atoms with Crippen LogP contribution in [0.3, 0.4) is 0 Å². The molecule has 1 amide bonds. The van der Waals surface area contributed by atoms with Crippen LogP contribution in [0.15, 0.2) is 24.3 Å². The number of carbonyl (C=O) groups is 1. The molecule has 2 saturated heterocycles. The molecule has 33 heavy (non-hydrogen) atoms. The number of nitrogens with one attached hydrogen (secondary N) is 1. The Morgan fingerprint density at radius 3 is 2.61 bits per heavy atom. The third-order valence-corrected chi connectivity index (χ3v) is 9.51. The van der Waals surface area contributed by atoms with Crippen molar-refractivity contribution in [3.05, 3.63) is 29.8 Å². The van der Waals surface area contributed by atoms with Gasteiger partial charge in [0.15, 0.2) is 6.61 Å². The van der Waals surface area contributed by atoms with Gasteiger partial charge in [0.2, 0.25) is 10.0 Å². The van der Waals surface area contributed by atoms with Gasteiger partial charge in [-0.15, -0.1) is 0 Å². The van der Waals surface area contributed by atoms with Crippen molar-refractivity contribution < 1.29 is 27.4 Å². The molecule has 9 heteroatoms. The van der Waals surface area contributed by atoms with Crippen LogP contribution >= 0.6 is 0 Å². The van der Waals surface area contributed by atoms with Crippen LogP contribution < -0.4 is 9.46 Å². The van der Waals surface area contributed by atoms with Gasteiger partial charge >= 0.3 is 0 Å². The Hall–Kier alpha value is -1.68. The Bertz CT molecular complexity index is 940. The smallest absolute Gasteiger partial charge is 0.260 e. The molecule has 1 aliphatic carbocycles. The summed E-state index contributed by atoms with van der Waals surface area (Å²) in [7, 11) is -3.53. The lowest BCUT2D eigenvalue weighted by Gasteiger charge is -2.42. The van der Waals surface area contributed by atoms with Gasteiger partial charge in [-0.3, -0.25) is 4.79 Å². The highest BCUT2D eigenvalue weighted by Gasteiger charge is 2.40. The first-order valence-electron chi connectivity index (χ1n) is 12.2. The maximum Gasteiger partial charge on any atom is 0.260 e. The Morgan fingerprint density at radius 1 is 1.00 bits per heavy atom. The van der Waals surface area contributed by atoms with Crippen molar-refractivity contribution in [2.24, 2.45) is 0 Å². The van der Waals surface area contributed by atoms with Crippen LogP contribution in [0, 0.1) is 0 Å². The van der Waals surface area contributed by atoms with E-state index in [4.69, 9.17) is 14.2 Å². The first-order chi connectivity index (χ1) is 16.0. The summed E-state index contributed by atoms with van der Waals surface area (Å²) < 4.78 is 46.5. The second-order valence-electron chi connectivity index (χ2n) is 9.69. The molecule has 182 valence electrons. The third kappa shape index (κ3) is 5.06. The van der Waals surface area contributed by atoms with Gasteiger partial charge < -0.3 is 19.1 Å². The Kier molecular flexibility index (Phi) is 6.92. The second-order valence-corrected chi connectivity index (χ2v) is 11.7. The fourth-order valence-electron chi connectivity index (χ4n) is 5.72. The minimum atomic E-state index is -3.53. The largest absolute Gasteiger partial charge is 0.483 e. The lowest BCUT2D eigenvalue weighted by atomic mass is 9.82. The monoisotopic (exact) mass is 478 g/mol. The summed E-state index contributed by atoms with van der Waals surface area (Å²) in [6, 6.07) is 7.29. The molecule has 0 spiro atoms. The predicted octanol–water partition coefficient (Wildman–Crippen LogP) is 2.19. The topological polar surface area (TPSA) is 94.2 Å². The Balaban J connectivity index is 1.38. The summed E-state index contributed by atoms with van der Waals surface area (Å²) in [5.41, 5.74) is 1.17. The van der Waals surface area contributed by atoms with E-state index in [-0.39, 0.29) is 37.3 Å². The molecule has 1 saturated carbocycles. The van der Waals surface area contributed by atoms with Crippen molar-refractivity contribution in [2.45, 2.75) is 74.3 Å². The average Bonchev–Trinajstić information content (AvgIpc) is 3.38. The molecular weight excluding hydrogens is 444 g/mol. The molecule has 1 unspecified atom stereocenters. The lowest BCUT2D eigenvalue weighted by molar-refractivity contribution is -0.140. The lowest BCUT2D eigenvalue weighted by Crippen LogP contribution is -2.60. The summed E-state index contributed by atoms with van der Waals surface area (Å²) in [6.45, 7) is 1.55. The molecule has 0 aromatic heterocycles. The van der Waals surface area contributed by atoms with E-state index in [9.17, 15) is 13.2 Å². The predicted molar refractivity (Wildman–Crippen MR) is 123 cm³/mol. The molecule has 3 atom stereocenters. The van der Waals surface area contributed by atoms with E-state index < -0.39 is 15.3 Å². The van der Waals surface area contributed by atoms with Crippen LogP contribution in [0.2, 0.25) is 0 Å². The van der Waals surface area contributed by atoms with Crippen molar-refractivity contribution in [3.63, 3.8) is 0 Å². The molecule has 8 nitrogen and oxygen atoms in total. The summed E-state index contributed by atoms with van der Waals surface area (Å²) in [6.07, 6.45) is 6.00. The molecule has 4 heterocycles. The number of nitrogens with zero attached hydrogens (tertiary/aromatic N) is 1. The zero-order chi connectivity index (χ0) is 22.8. The Morgan fingerprint density at radius 2 is 1.82 bits per heavy atom. The molecular formula is C24H34N2O6S. The van der Waals surface area contributed by atoms with Crippen molar-refractivity contribution in [1.29, 1.82) is 0 Å². The van der Waals surface area contributed by atoms with E-state index in [1.165, 1.54) is 5.56 Å². The second kappa shape index (κ2) is 9.90. The van der Waals surface area contributed by atoms with E-state index in [0.29, 0.717) is 38.5 Å². The summed E-state index contributed by atoms with van der Waals surface area (Å²) in [4.78, 5) is 15.0. The zero-order valence-electron chi connectivity index (χ0n) is 19.0. The number of hydrogen-bond acceptors (Lipinski definition) is 6. The normalized spacial score (nSPS) is 33.3. The minimum Gasteiger partial charge on any atom is -0.483 e.